The molecule has 0 saturated carbocycles. The summed E-state index contributed by atoms with van der Waals surface area (Å²) >= 11 is 0. The van der Waals surface area contributed by atoms with E-state index in [0.717, 1.165) is 31.9 Å². The Morgan fingerprint density at radius 3 is 2.79 bits per heavy atom. The Balaban J connectivity index is 1.94. The maximum Gasteiger partial charge on any atom is 0.150 e. The van der Waals surface area contributed by atoms with Crippen molar-refractivity contribution in [1.82, 2.24) is 10.3 Å². The lowest BCUT2D eigenvalue weighted by atomic mass is 10.3. The Labute approximate surface area is 113 Å². The standard InChI is InChI=1S/C12H19N3O3S/c1-19(16,17)7-6-18-12-8-11(9-14-10-12)15-4-2-13-3-5-15/h8-10,13H,2-7H2,1H3. The van der Waals surface area contributed by atoms with Gasteiger partial charge < -0.3 is 15.0 Å². The fourth-order valence-corrected chi connectivity index (χ4v) is 2.28. The van der Waals surface area contributed by atoms with Crippen LogP contribution in [0.25, 0.3) is 0 Å². The van der Waals surface area contributed by atoms with Gasteiger partial charge in [-0.1, -0.05) is 0 Å². The van der Waals surface area contributed by atoms with Crippen molar-refractivity contribution in [3.8, 4) is 5.75 Å². The van der Waals surface area contributed by atoms with Gasteiger partial charge in [0.25, 0.3) is 0 Å². The van der Waals surface area contributed by atoms with E-state index < -0.39 is 9.84 Å². The maximum atomic E-state index is 11.0. The topological polar surface area (TPSA) is 71.5 Å². The second kappa shape index (κ2) is 6.21. The zero-order valence-corrected chi connectivity index (χ0v) is 11.8. The Hall–Kier alpha value is -1.34. The lowest BCUT2D eigenvalue weighted by Crippen LogP contribution is -2.43. The molecule has 2 heterocycles. The van der Waals surface area contributed by atoms with Crippen LogP contribution in [0, 0.1) is 0 Å². The summed E-state index contributed by atoms with van der Waals surface area (Å²) in [6, 6.07) is 1.90. The molecule has 2 rings (SSSR count). The first-order valence-corrected chi connectivity index (χ1v) is 8.32. The van der Waals surface area contributed by atoms with E-state index in [9.17, 15) is 8.42 Å². The average Bonchev–Trinajstić information content (AvgIpc) is 2.39. The summed E-state index contributed by atoms with van der Waals surface area (Å²) in [5.41, 5.74) is 1.01. The molecular formula is C12H19N3O3S. The fraction of sp³-hybridized carbons (Fsp3) is 0.583. The quantitative estimate of drug-likeness (QED) is 0.815. The Bertz CT molecular complexity index is 513. The largest absolute Gasteiger partial charge is 0.491 e. The molecule has 0 amide bonds. The van der Waals surface area contributed by atoms with E-state index in [1.807, 2.05) is 6.07 Å². The van der Waals surface area contributed by atoms with E-state index in [1.165, 1.54) is 6.26 Å². The smallest absolute Gasteiger partial charge is 0.150 e. The van der Waals surface area contributed by atoms with Gasteiger partial charge >= 0.3 is 0 Å². The molecule has 0 aromatic carbocycles. The van der Waals surface area contributed by atoms with Crippen molar-refractivity contribution >= 4 is 15.5 Å². The lowest BCUT2D eigenvalue weighted by molar-refractivity contribution is 0.339. The SMILES string of the molecule is CS(=O)(=O)CCOc1cncc(N2CCNCC2)c1. The van der Waals surface area contributed by atoms with Crippen molar-refractivity contribution in [3.05, 3.63) is 18.5 Å². The molecule has 1 aliphatic heterocycles. The second-order valence-electron chi connectivity index (χ2n) is 4.59. The molecule has 0 radical (unpaired) electrons. The molecule has 1 aromatic heterocycles. The number of hydrogen-bond donors (Lipinski definition) is 1. The minimum Gasteiger partial charge on any atom is -0.491 e. The minimum absolute atomic E-state index is 0.0187. The van der Waals surface area contributed by atoms with Crippen molar-refractivity contribution < 1.29 is 13.2 Å². The Kier molecular flexibility index (Phi) is 4.60. The molecule has 19 heavy (non-hydrogen) atoms. The molecule has 1 aromatic rings. The zero-order chi connectivity index (χ0) is 13.7. The van der Waals surface area contributed by atoms with Crippen LogP contribution in [0.5, 0.6) is 5.75 Å². The van der Waals surface area contributed by atoms with E-state index in [0.29, 0.717) is 5.75 Å². The van der Waals surface area contributed by atoms with Crippen molar-refractivity contribution in [2.75, 3.05) is 49.7 Å². The predicted octanol–water partition coefficient (Wildman–Crippen LogP) is -0.0854. The van der Waals surface area contributed by atoms with E-state index >= 15 is 0 Å². The number of ether oxygens (including phenoxy) is 1. The second-order valence-corrected chi connectivity index (χ2v) is 6.85. The van der Waals surface area contributed by atoms with Crippen LogP contribution in [0.15, 0.2) is 18.5 Å². The van der Waals surface area contributed by atoms with Gasteiger partial charge in [-0.25, -0.2) is 8.42 Å². The molecule has 106 valence electrons. The van der Waals surface area contributed by atoms with E-state index in [1.54, 1.807) is 12.4 Å². The molecule has 0 atom stereocenters. The molecule has 1 fully saturated rings. The monoisotopic (exact) mass is 285 g/mol. The number of aromatic nitrogens is 1. The van der Waals surface area contributed by atoms with Crippen LogP contribution in [0.1, 0.15) is 0 Å². The molecule has 0 unspecified atom stereocenters. The van der Waals surface area contributed by atoms with Crippen LogP contribution in [0.3, 0.4) is 0 Å². The fourth-order valence-electron chi connectivity index (χ4n) is 1.89. The van der Waals surface area contributed by atoms with Gasteiger partial charge in [0, 0.05) is 38.5 Å². The van der Waals surface area contributed by atoms with Gasteiger partial charge in [0.05, 0.1) is 23.8 Å². The highest BCUT2D eigenvalue weighted by atomic mass is 32.2. The van der Waals surface area contributed by atoms with E-state index in [-0.39, 0.29) is 12.4 Å². The number of hydrogen-bond acceptors (Lipinski definition) is 6. The molecule has 0 spiro atoms. The van der Waals surface area contributed by atoms with E-state index in [2.05, 4.69) is 15.2 Å². The predicted molar refractivity (Wildman–Crippen MR) is 74.5 cm³/mol. The number of nitrogens with one attached hydrogen (secondary N) is 1. The summed E-state index contributed by atoms with van der Waals surface area (Å²) in [4.78, 5) is 6.37. The first kappa shape index (κ1) is 14.1. The van der Waals surface area contributed by atoms with Crippen molar-refractivity contribution in [1.29, 1.82) is 0 Å². The lowest BCUT2D eigenvalue weighted by Gasteiger charge is -2.29. The number of pyridine rings is 1. The first-order chi connectivity index (χ1) is 9.04. The molecule has 0 aliphatic carbocycles. The molecule has 7 heteroatoms. The van der Waals surface area contributed by atoms with Crippen molar-refractivity contribution in [3.63, 3.8) is 0 Å². The van der Waals surface area contributed by atoms with Crippen LogP contribution >= 0.6 is 0 Å². The summed E-state index contributed by atoms with van der Waals surface area (Å²) in [5.74, 6) is 0.630. The number of sulfone groups is 1. The number of piperazine rings is 1. The minimum atomic E-state index is -2.99. The van der Waals surface area contributed by atoms with Crippen LogP contribution in [-0.2, 0) is 9.84 Å². The molecule has 0 bridgehead atoms. The maximum absolute atomic E-state index is 11.0. The van der Waals surface area contributed by atoms with Crippen molar-refractivity contribution in [2.24, 2.45) is 0 Å². The van der Waals surface area contributed by atoms with Gasteiger partial charge in [0.2, 0.25) is 0 Å². The first-order valence-electron chi connectivity index (χ1n) is 6.26. The van der Waals surface area contributed by atoms with Gasteiger partial charge in [0.15, 0.2) is 9.84 Å². The third-order valence-corrected chi connectivity index (χ3v) is 3.81. The van der Waals surface area contributed by atoms with Crippen LogP contribution in [-0.4, -0.2) is 58.2 Å². The normalized spacial score (nSPS) is 16.4. The third-order valence-electron chi connectivity index (χ3n) is 2.90. The third kappa shape index (κ3) is 4.68. The highest BCUT2D eigenvalue weighted by molar-refractivity contribution is 7.90. The Morgan fingerprint density at radius 1 is 1.37 bits per heavy atom. The summed E-state index contributed by atoms with van der Waals surface area (Å²) in [6.07, 6.45) is 4.61. The van der Waals surface area contributed by atoms with Crippen molar-refractivity contribution in [2.45, 2.75) is 0 Å². The summed E-state index contributed by atoms with van der Waals surface area (Å²) in [6.45, 7) is 3.95. The number of nitrogens with zero attached hydrogens (tertiary/aromatic N) is 2. The van der Waals surface area contributed by atoms with Crippen LogP contribution < -0.4 is 15.0 Å². The molecule has 1 saturated heterocycles. The molecule has 1 aliphatic rings. The molecule has 1 N–H and O–H groups in total. The summed E-state index contributed by atoms with van der Waals surface area (Å²) in [5, 5.41) is 3.29. The van der Waals surface area contributed by atoms with Crippen LogP contribution in [0.4, 0.5) is 5.69 Å². The van der Waals surface area contributed by atoms with Crippen LogP contribution in [0.2, 0.25) is 0 Å². The summed E-state index contributed by atoms with van der Waals surface area (Å²) in [7, 11) is -2.99. The number of anilines is 1. The Morgan fingerprint density at radius 2 is 2.11 bits per heavy atom. The van der Waals surface area contributed by atoms with Gasteiger partial charge in [0.1, 0.15) is 12.4 Å². The number of rotatable bonds is 5. The van der Waals surface area contributed by atoms with Gasteiger partial charge in [-0.3, -0.25) is 4.98 Å². The highest BCUT2D eigenvalue weighted by Gasteiger charge is 2.11. The van der Waals surface area contributed by atoms with Gasteiger partial charge in [-0.2, -0.15) is 0 Å². The summed E-state index contributed by atoms with van der Waals surface area (Å²) < 4.78 is 27.5. The molecular weight excluding hydrogens is 266 g/mol. The zero-order valence-electron chi connectivity index (χ0n) is 11.0. The molecule has 6 nitrogen and oxygen atoms in total. The van der Waals surface area contributed by atoms with Gasteiger partial charge in [-0.15, -0.1) is 0 Å². The van der Waals surface area contributed by atoms with E-state index in [4.69, 9.17) is 4.74 Å². The van der Waals surface area contributed by atoms with Gasteiger partial charge in [-0.05, 0) is 0 Å². The highest BCUT2D eigenvalue weighted by Crippen LogP contribution is 2.19. The average molecular weight is 285 g/mol.